The zero-order chi connectivity index (χ0) is 7.82. The zero-order valence-electron chi connectivity index (χ0n) is 6.13. The first-order valence-corrected chi connectivity index (χ1v) is 3.14. The zero-order valence-corrected chi connectivity index (χ0v) is 6.13. The summed E-state index contributed by atoms with van der Waals surface area (Å²) in [6.07, 6.45) is 1.69. The average Bonchev–Trinajstić information content (AvgIpc) is 2.46. The van der Waals surface area contributed by atoms with Crippen LogP contribution in [0.3, 0.4) is 0 Å². The molecule has 0 atom stereocenters. The fraction of sp³-hybridized carbons (Fsp3) is 0.500. The third kappa shape index (κ3) is 2.82. The smallest absolute Gasteiger partial charge is 0.138 e. The summed E-state index contributed by atoms with van der Waals surface area (Å²) in [5, 5.41) is 14.2. The summed E-state index contributed by atoms with van der Waals surface area (Å²) >= 11 is 0. The molecule has 0 aliphatic heterocycles. The van der Waals surface area contributed by atoms with Gasteiger partial charge in [0.25, 0.3) is 0 Å². The molecule has 0 aromatic carbocycles. The highest BCUT2D eigenvalue weighted by molar-refractivity contribution is 4.90. The van der Waals surface area contributed by atoms with Crippen molar-refractivity contribution >= 4 is 0 Å². The van der Waals surface area contributed by atoms with Gasteiger partial charge in [-0.2, -0.15) is 10.4 Å². The molecule has 4 heteroatoms. The van der Waals surface area contributed by atoms with E-state index >= 15 is 0 Å². The van der Waals surface area contributed by atoms with Crippen LogP contribution in [-0.2, 0) is 6.42 Å². The van der Waals surface area contributed by atoms with E-state index in [2.05, 4.69) is 15.2 Å². The molecule has 10 heavy (non-hydrogen) atoms. The molecule has 0 unspecified atom stereocenters. The Kier molecular flexibility index (Phi) is 4.97. The van der Waals surface area contributed by atoms with Crippen LogP contribution in [0.25, 0.3) is 0 Å². The second kappa shape index (κ2) is 5.76. The van der Waals surface area contributed by atoms with E-state index in [1.807, 2.05) is 19.9 Å². The summed E-state index contributed by atoms with van der Waals surface area (Å²) in [6.45, 7) is 4.00. The van der Waals surface area contributed by atoms with Crippen molar-refractivity contribution in [3.63, 3.8) is 0 Å². The Morgan fingerprint density at radius 3 is 2.80 bits per heavy atom. The van der Waals surface area contributed by atoms with Crippen LogP contribution >= 0.6 is 0 Å². The van der Waals surface area contributed by atoms with Gasteiger partial charge in [-0.15, -0.1) is 0 Å². The van der Waals surface area contributed by atoms with Crippen LogP contribution < -0.4 is 0 Å². The number of nitrogens with one attached hydrogen (secondary N) is 1. The predicted octanol–water partition coefficient (Wildman–Crippen LogP) is 0.897. The van der Waals surface area contributed by atoms with Gasteiger partial charge in [0.15, 0.2) is 0 Å². The first-order chi connectivity index (χ1) is 4.93. The predicted molar refractivity (Wildman–Crippen MR) is 37.0 cm³/mol. The molecule has 0 saturated heterocycles. The normalized spacial score (nSPS) is 7.30. The second-order valence-corrected chi connectivity index (χ2v) is 1.27. The van der Waals surface area contributed by atoms with Crippen molar-refractivity contribution in [2.75, 3.05) is 0 Å². The number of aromatic amines is 1. The van der Waals surface area contributed by atoms with Gasteiger partial charge in [-0.05, 0) is 0 Å². The molecular formula is C6H10N4. The number of H-pyrrole nitrogens is 1. The van der Waals surface area contributed by atoms with Crippen molar-refractivity contribution in [3.05, 3.63) is 12.2 Å². The Balaban J connectivity index is 0.000000371. The fourth-order valence-electron chi connectivity index (χ4n) is 0.391. The Morgan fingerprint density at radius 2 is 2.40 bits per heavy atom. The van der Waals surface area contributed by atoms with Crippen molar-refractivity contribution in [1.29, 1.82) is 5.26 Å². The van der Waals surface area contributed by atoms with Crippen molar-refractivity contribution in [2.24, 2.45) is 0 Å². The number of hydrogen-bond donors (Lipinski definition) is 1. The van der Waals surface area contributed by atoms with Crippen LogP contribution in [0.4, 0.5) is 0 Å². The largest absolute Gasteiger partial charge is 0.262 e. The molecule has 1 rings (SSSR count). The molecule has 0 radical (unpaired) electrons. The minimum absolute atomic E-state index is 0.306. The van der Waals surface area contributed by atoms with Gasteiger partial charge in [0.05, 0.1) is 12.5 Å². The maximum absolute atomic E-state index is 8.10. The van der Waals surface area contributed by atoms with Crippen molar-refractivity contribution in [1.82, 2.24) is 15.2 Å². The molecule has 1 aromatic heterocycles. The SMILES string of the molecule is CC.N#CCc1ncn[nH]1. The summed E-state index contributed by atoms with van der Waals surface area (Å²) in [4.78, 5) is 3.72. The van der Waals surface area contributed by atoms with Crippen molar-refractivity contribution in [3.8, 4) is 6.07 Å². The molecule has 0 aliphatic carbocycles. The van der Waals surface area contributed by atoms with E-state index in [0.717, 1.165) is 0 Å². The summed E-state index contributed by atoms with van der Waals surface area (Å²) in [5.74, 6) is 0.618. The monoisotopic (exact) mass is 138 g/mol. The lowest BCUT2D eigenvalue weighted by Crippen LogP contribution is -1.82. The highest BCUT2D eigenvalue weighted by atomic mass is 15.2. The minimum Gasteiger partial charge on any atom is -0.262 e. The van der Waals surface area contributed by atoms with Crippen LogP contribution in [0.2, 0.25) is 0 Å². The topological polar surface area (TPSA) is 65.4 Å². The molecule has 1 aromatic rings. The molecule has 0 spiro atoms. The maximum Gasteiger partial charge on any atom is 0.138 e. The molecule has 1 N–H and O–H groups in total. The van der Waals surface area contributed by atoms with Gasteiger partial charge in [0, 0.05) is 0 Å². The third-order valence-electron chi connectivity index (χ3n) is 0.711. The third-order valence-corrected chi connectivity index (χ3v) is 0.711. The molecular weight excluding hydrogens is 128 g/mol. The van der Waals surface area contributed by atoms with E-state index < -0.39 is 0 Å². The van der Waals surface area contributed by atoms with Gasteiger partial charge in [-0.25, -0.2) is 4.98 Å². The maximum atomic E-state index is 8.10. The lowest BCUT2D eigenvalue weighted by molar-refractivity contribution is 0.995. The number of hydrogen-bond acceptors (Lipinski definition) is 3. The summed E-state index contributed by atoms with van der Waals surface area (Å²) in [5.41, 5.74) is 0. The van der Waals surface area contributed by atoms with Gasteiger partial charge in [-0.3, -0.25) is 5.10 Å². The van der Waals surface area contributed by atoms with Gasteiger partial charge in [-0.1, -0.05) is 13.8 Å². The average molecular weight is 138 g/mol. The number of rotatable bonds is 1. The first-order valence-electron chi connectivity index (χ1n) is 3.14. The summed E-state index contributed by atoms with van der Waals surface area (Å²) in [7, 11) is 0. The summed E-state index contributed by atoms with van der Waals surface area (Å²) in [6, 6.07) is 1.94. The van der Waals surface area contributed by atoms with E-state index in [0.29, 0.717) is 12.2 Å². The highest BCUT2D eigenvalue weighted by Gasteiger charge is 1.88. The van der Waals surface area contributed by atoms with Gasteiger partial charge in [0.2, 0.25) is 0 Å². The van der Waals surface area contributed by atoms with Crippen LogP contribution in [0, 0.1) is 11.3 Å². The van der Waals surface area contributed by atoms with E-state index in [-0.39, 0.29) is 0 Å². The van der Waals surface area contributed by atoms with Crippen LogP contribution in [0.5, 0.6) is 0 Å². The molecule has 1 heterocycles. The Bertz CT molecular complexity index is 184. The quantitative estimate of drug-likeness (QED) is 0.626. The lowest BCUT2D eigenvalue weighted by atomic mass is 10.5. The van der Waals surface area contributed by atoms with Crippen molar-refractivity contribution < 1.29 is 0 Å². The lowest BCUT2D eigenvalue weighted by Gasteiger charge is -1.75. The second-order valence-electron chi connectivity index (χ2n) is 1.27. The van der Waals surface area contributed by atoms with Crippen LogP contribution in [0.1, 0.15) is 19.7 Å². The van der Waals surface area contributed by atoms with Gasteiger partial charge in [0.1, 0.15) is 12.2 Å². The molecule has 0 fully saturated rings. The van der Waals surface area contributed by atoms with Crippen LogP contribution in [-0.4, -0.2) is 15.2 Å². The number of nitrogens with zero attached hydrogens (tertiary/aromatic N) is 3. The number of aromatic nitrogens is 3. The molecule has 54 valence electrons. The fourth-order valence-corrected chi connectivity index (χ4v) is 0.391. The first kappa shape index (κ1) is 8.63. The minimum atomic E-state index is 0.306. The molecule has 4 nitrogen and oxygen atoms in total. The Morgan fingerprint density at radius 1 is 1.70 bits per heavy atom. The molecule has 0 amide bonds. The van der Waals surface area contributed by atoms with E-state index in [1.54, 1.807) is 0 Å². The highest BCUT2D eigenvalue weighted by Crippen LogP contribution is 1.82. The van der Waals surface area contributed by atoms with Gasteiger partial charge < -0.3 is 0 Å². The Hall–Kier alpha value is -1.37. The van der Waals surface area contributed by atoms with Crippen LogP contribution in [0.15, 0.2) is 6.33 Å². The summed E-state index contributed by atoms with van der Waals surface area (Å²) < 4.78 is 0. The Labute approximate surface area is 59.9 Å². The standard InChI is InChI=1S/C4H4N4.C2H6/c5-2-1-4-6-3-7-8-4;1-2/h3H,1H2,(H,6,7,8);1-2H3. The van der Waals surface area contributed by atoms with E-state index in [4.69, 9.17) is 5.26 Å². The molecule has 0 bridgehead atoms. The van der Waals surface area contributed by atoms with Crippen molar-refractivity contribution in [2.45, 2.75) is 20.3 Å². The van der Waals surface area contributed by atoms with E-state index in [1.165, 1.54) is 6.33 Å². The van der Waals surface area contributed by atoms with Gasteiger partial charge >= 0.3 is 0 Å². The van der Waals surface area contributed by atoms with E-state index in [9.17, 15) is 0 Å². The number of nitriles is 1. The molecule has 0 saturated carbocycles. The molecule has 0 aliphatic rings.